The lowest BCUT2D eigenvalue weighted by Gasteiger charge is -2.04. The molecular formula is C14H11F3N4S2. The van der Waals surface area contributed by atoms with Gasteiger partial charge in [0.2, 0.25) is 0 Å². The highest BCUT2D eigenvalue weighted by Gasteiger charge is 2.35. The first-order valence-electron chi connectivity index (χ1n) is 6.47. The SMILES string of the molecule is CSc1nccc(-c2ccc(-c3cc(C(F)(F)F)n(C)n3)s2)n1. The number of alkyl halides is 3. The molecule has 4 nitrogen and oxygen atoms in total. The topological polar surface area (TPSA) is 43.6 Å². The maximum absolute atomic E-state index is 12.9. The third-order valence-electron chi connectivity index (χ3n) is 3.10. The summed E-state index contributed by atoms with van der Waals surface area (Å²) in [5, 5.41) is 4.61. The molecule has 0 saturated heterocycles. The molecule has 3 rings (SSSR count). The Morgan fingerprint density at radius 3 is 2.43 bits per heavy atom. The van der Waals surface area contributed by atoms with Crippen molar-refractivity contribution in [3.8, 4) is 21.1 Å². The second-order valence-electron chi connectivity index (χ2n) is 4.63. The fourth-order valence-corrected chi connectivity index (χ4v) is 3.33. The van der Waals surface area contributed by atoms with Gasteiger partial charge in [0.15, 0.2) is 5.16 Å². The van der Waals surface area contributed by atoms with Crippen molar-refractivity contribution < 1.29 is 13.2 Å². The maximum Gasteiger partial charge on any atom is 0.433 e. The Balaban J connectivity index is 1.96. The van der Waals surface area contributed by atoms with Gasteiger partial charge < -0.3 is 0 Å². The summed E-state index contributed by atoms with van der Waals surface area (Å²) in [7, 11) is 1.29. The van der Waals surface area contributed by atoms with Crippen LogP contribution >= 0.6 is 23.1 Å². The lowest BCUT2D eigenvalue weighted by atomic mass is 10.3. The Kier molecular flexibility index (Phi) is 4.15. The number of hydrogen-bond donors (Lipinski definition) is 0. The molecule has 3 aromatic heterocycles. The predicted molar refractivity (Wildman–Crippen MR) is 84.3 cm³/mol. The van der Waals surface area contributed by atoms with Gasteiger partial charge >= 0.3 is 6.18 Å². The molecular weight excluding hydrogens is 345 g/mol. The number of aryl methyl sites for hydroxylation is 1. The van der Waals surface area contributed by atoms with Crippen molar-refractivity contribution in [1.29, 1.82) is 0 Å². The van der Waals surface area contributed by atoms with Crippen molar-refractivity contribution in [3.05, 3.63) is 36.2 Å². The minimum Gasteiger partial charge on any atom is -0.263 e. The Bertz CT molecular complexity index is 839. The summed E-state index contributed by atoms with van der Waals surface area (Å²) in [6.45, 7) is 0. The zero-order valence-electron chi connectivity index (χ0n) is 12.1. The molecule has 9 heteroatoms. The van der Waals surface area contributed by atoms with Gasteiger partial charge in [0, 0.05) is 13.2 Å². The van der Waals surface area contributed by atoms with E-state index in [1.807, 2.05) is 12.3 Å². The maximum atomic E-state index is 12.9. The van der Waals surface area contributed by atoms with E-state index in [1.54, 1.807) is 18.3 Å². The summed E-state index contributed by atoms with van der Waals surface area (Å²) in [6.07, 6.45) is -0.873. The van der Waals surface area contributed by atoms with E-state index in [9.17, 15) is 13.2 Å². The molecule has 3 heterocycles. The molecule has 3 aromatic rings. The van der Waals surface area contributed by atoms with E-state index in [-0.39, 0.29) is 0 Å². The van der Waals surface area contributed by atoms with Crippen LogP contribution in [0.1, 0.15) is 5.69 Å². The van der Waals surface area contributed by atoms with Crippen LogP contribution in [-0.4, -0.2) is 26.0 Å². The van der Waals surface area contributed by atoms with Gasteiger partial charge in [0.05, 0.1) is 15.4 Å². The first kappa shape index (κ1) is 16.0. The van der Waals surface area contributed by atoms with Crippen molar-refractivity contribution >= 4 is 23.1 Å². The summed E-state index contributed by atoms with van der Waals surface area (Å²) in [5.41, 5.74) is 0.275. The summed E-state index contributed by atoms with van der Waals surface area (Å²) < 4.78 is 39.4. The largest absolute Gasteiger partial charge is 0.433 e. The van der Waals surface area contributed by atoms with Gasteiger partial charge in [-0.05, 0) is 30.5 Å². The van der Waals surface area contributed by atoms with Gasteiger partial charge in [-0.15, -0.1) is 11.3 Å². The zero-order valence-corrected chi connectivity index (χ0v) is 13.8. The Morgan fingerprint density at radius 1 is 1.13 bits per heavy atom. The quantitative estimate of drug-likeness (QED) is 0.517. The lowest BCUT2D eigenvalue weighted by Crippen LogP contribution is -2.11. The molecule has 0 bridgehead atoms. The van der Waals surface area contributed by atoms with Gasteiger partial charge in [-0.25, -0.2) is 9.97 Å². The highest BCUT2D eigenvalue weighted by Crippen LogP contribution is 2.36. The third kappa shape index (κ3) is 3.25. The van der Waals surface area contributed by atoms with E-state index in [0.29, 0.717) is 15.7 Å². The number of thiophene rings is 1. The highest BCUT2D eigenvalue weighted by molar-refractivity contribution is 7.98. The van der Waals surface area contributed by atoms with Crippen LogP contribution in [0.2, 0.25) is 0 Å². The van der Waals surface area contributed by atoms with Crippen LogP contribution in [0.5, 0.6) is 0 Å². The number of nitrogens with zero attached hydrogens (tertiary/aromatic N) is 4. The normalized spacial score (nSPS) is 11.9. The number of rotatable bonds is 3. The standard InChI is InChI=1S/C14H11F3N4S2/c1-21-12(14(15,16)17)7-9(20-21)11-4-3-10(23-11)8-5-6-18-13(19-8)22-2/h3-7H,1-2H3. The monoisotopic (exact) mass is 356 g/mol. The molecule has 0 aromatic carbocycles. The molecule has 0 fully saturated rings. The van der Waals surface area contributed by atoms with Crippen molar-refractivity contribution in [2.75, 3.05) is 6.26 Å². The number of halogens is 3. The highest BCUT2D eigenvalue weighted by atomic mass is 32.2. The Hall–Kier alpha value is -1.87. The van der Waals surface area contributed by atoms with Gasteiger partial charge in [0.1, 0.15) is 11.4 Å². The molecule has 0 saturated carbocycles. The number of aromatic nitrogens is 4. The van der Waals surface area contributed by atoms with Crippen molar-refractivity contribution in [2.24, 2.45) is 7.05 Å². The molecule has 0 aliphatic rings. The van der Waals surface area contributed by atoms with Crippen molar-refractivity contribution in [3.63, 3.8) is 0 Å². The molecule has 0 N–H and O–H groups in total. The minimum atomic E-state index is -4.42. The summed E-state index contributed by atoms with van der Waals surface area (Å²) in [5.74, 6) is 0. The minimum absolute atomic E-state index is 0.301. The molecule has 120 valence electrons. The first-order valence-corrected chi connectivity index (χ1v) is 8.51. The van der Waals surface area contributed by atoms with Crippen LogP contribution in [0.3, 0.4) is 0 Å². The average molecular weight is 356 g/mol. The van der Waals surface area contributed by atoms with Gasteiger partial charge in [-0.3, -0.25) is 4.68 Å². The van der Waals surface area contributed by atoms with Crippen LogP contribution < -0.4 is 0 Å². The van der Waals surface area contributed by atoms with Crippen LogP contribution in [0, 0.1) is 0 Å². The van der Waals surface area contributed by atoms with Gasteiger partial charge in [0.25, 0.3) is 0 Å². The third-order valence-corrected chi connectivity index (χ3v) is 4.79. The summed E-state index contributed by atoms with van der Waals surface area (Å²) in [6, 6.07) is 6.41. The van der Waals surface area contributed by atoms with Crippen molar-refractivity contribution in [2.45, 2.75) is 11.3 Å². The van der Waals surface area contributed by atoms with E-state index in [2.05, 4.69) is 15.1 Å². The van der Waals surface area contributed by atoms with Crippen LogP contribution in [0.15, 0.2) is 35.6 Å². The molecule has 0 atom stereocenters. The second-order valence-corrected chi connectivity index (χ2v) is 6.49. The molecule has 23 heavy (non-hydrogen) atoms. The lowest BCUT2D eigenvalue weighted by molar-refractivity contribution is -0.143. The fraction of sp³-hybridized carbons (Fsp3) is 0.214. The molecule has 0 radical (unpaired) electrons. The van der Waals surface area contributed by atoms with E-state index in [4.69, 9.17) is 0 Å². The van der Waals surface area contributed by atoms with E-state index in [1.165, 1.54) is 30.1 Å². The number of thioether (sulfide) groups is 1. The molecule has 0 spiro atoms. The van der Waals surface area contributed by atoms with E-state index in [0.717, 1.165) is 21.3 Å². The first-order chi connectivity index (χ1) is 10.9. The van der Waals surface area contributed by atoms with Crippen molar-refractivity contribution in [1.82, 2.24) is 19.7 Å². The summed E-state index contributed by atoms with van der Waals surface area (Å²) in [4.78, 5) is 10.0. The zero-order chi connectivity index (χ0) is 16.6. The fourth-order valence-electron chi connectivity index (χ4n) is 2.04. The smallest absolute Gasteiger partial charge is 0.263 e. The Labute approximate surface area is 138 Å². The van der Waals surface area contributed by atoms with Crippen LogP contribution in [0.4, 0.5) is 13.2 Å². The average Bonchev–Trinajstić information content (AvgIpc) is 3.13. The van der Waals surface area contributed by atoms with Crippen LogP contribution in [0.25, 0.3) is 21.1 Å². The van der Waals surface area contributed by atoms with Crippen LogP contribution in [-0.2, 0) is 13.2 Å². The second kappa shape index (κ2) is 5.97. The van der Waals surface area contributed by atoms with E-state index < -0.39 is 11.9 Å². The molecule has 0 unspecified atom stereocenters. The van der Waals surface area contributed by atoms with Gasteiger partial charge in [-0.2, -0.15) is 18.3 Å². The molecule has 0 aliphatic heterocycles. The Morgan fingerprint density at radius 2 is 1.83 bits per heavy atom. The predicted octanol–water partition coefficient (Wildman–Crippen LogP) is 4.35. The molecule has 0 aliphatic carbocycles. The summed E-state index contributed by atoms with van der Waals surface area (Å²) >= 11 is 2.78. The van der Waals surface area contributed by atoms with Gasteiger partial charge in [-0.1, -0.05) is 11.8 Å². The van der Waals surface area contributed by atoms with E-state index >= 15 is 0 Å². The number of hydrogen-bond acceptors (Lipinski definition) is 5. The molecule has 0 amide bonds.